The van der Waals surface area contributed by atoms with Crippen molar-refractivity contribution in [3.8, 4) is 6.07 Å². The van der Waals surface area contributed by atoms with Crippen molar-refractivity contribution in [2.24, 2.45) is 28.9 Å². The van der Waals surface area contributed by atoms with Gasteiger partial charge in [-0.25, -0.2) is 0 Å². The Balaban J connectivity index is 1.90. The maximum absolute atomic E-state index is 13.8. The summed E-state index contributed by atoms with van der Waals surface area (Å²) in [7, 11) is 0. The Bertz CT molecular complexity index is 1050. The first kappa shape index (κ1) is 6.00. The van der Waals surface area contributed by atoms with Crippen LogP contribution < -0.4 is 5.73 Å². The molecule has 1 heterocycles. The lowest BCUT2D eigenvalue weighted by Crippen LogP contribution is -2.64. The second kappa shape index (κ2) is 4.29. The summed E-state index contributed by atoms with van der Waals surface area (Å²) in [6.07, 6.45) is -23.8. The van der Waals surface area contributed by atoms with E-state index in [9.17, 15) is 15.2 Å². The van der Waals surface area contributed by atoms with E-state index in [-0.39, 0.29) is 12.3 Å². The van der Waals surface area contributed by atoms with Crippen LogP contribution in [0.5, 0.6) is 0 Å². The van der Waals surface area contributed by atoms with Crippen molar-refractivity contribution in [1.29, 1.82) is 5.26 Å². The van der Waals surface area contributed by atoms with Gasteiger partial charge in [0.25, 0.3) is 0 Å². The molecule has 1 aliphatic heterocycles. The Morgan fingerprint density at radius 2 is 2.09 bits per heavy atom. The van der Waals surface area contributed by atoms with E-state index in [2.05, 4.69) is 0 Å². The number of aliphatic hydroxyl groups is 1. The number of carbonyl (C=O) groups is 1. The summed E-state index contributed by atoms with van der Waals surface area (Å²) in [5.74, 6) is -9.49. The molecule has 0 spiro atoms. The molecule has 0 aromatic heterocycles. The molecule has 6 fully saturated rings. The van der Waals surface area contributed by atoms with E-state index in [4.69, 9.17) is 24.9 Å². The number of amides is 1. The van der Waals surface area contributed by atoms with Crippen LogP contribution in [0.3, 0.4) is 0 Å². The molecule has 1 saturated heterocycles. The van der Waals surface area contributed by atoms with Crippen LogP contribution >= 0.6 is 0 Å². The molecule has 5 heteroatoms. The molecule has 6 atom stereocenters. The monoisotopic (exact) mass is 329 g/mol. The number of fused-ring (bicyclic) bond motifs is 1. The largest absolute Gasteiger partial charge is 0.390 e. The lowest BCUT2D eigenvalue weighted by Gasteiger charge is -2.61. The number of piperidine rings is 1. The van der Waals surface area contributed by atoms with Gasteiger partial charge in [0.1, 0.15) is 6.04 Å². The summed E-state index contributed by atoms with van der Waals surface area (Å²) in [4.78, 5) is 14.7. The van der Waals surface area contributed by atoms with Gasteiger partial charge in [0.2, 0.25) is 5.91 Å². The zero-order chi connectivity index (χ0) is 28.6. The van der Waals surface area contributed by atoms with Crippen molar-refractivity contribution in [2.75, 3.05) is 0 Å². The van der Waals surface area contributed by atoms with Crippen LogP contribution in [0.1, 0.15) is 70.3 Å². The molecule has 6 aliphatic rings. The van der Waals surface area contributed by atoms with Crippen molar-refractivity contribution < 1.29 is 29.1 Å². The minimum absolute atomic E-state index is 0.103. The van der Waals surface area contributed by atoms with Crippen molar-refractivity contribution in [1.82, 2.24) is 4.90 Å². The van der Waals surface area contributed by atoms with Gasteiger partial charge in [-0.3, -0.25) is 4.79 Å². The number of hydrogen-bond acceptors (Lipinski definition) is 4. The maximum atomic E-state index is 13.8. The first-order chi connectivity index (χ1) is 16.4. The smallest absolute Gasteiger partial charge is 0.241 e. The molecule has 2 unspecified atom stereocenters. The number of hydrogen-bond donors (Lipinski definition) is 2. The highest BCUT2D eigenvalue weighted by Gasteiger charge is 2.62. The summed E-state index contributed by atoms with van der Waals surface area (Å²) in [6, 6.07) is -2.45. The number of nitrogens with two attached hydrogens (primary N) is 1. The fourth-order valence-electron chi connectivity index (χ4n) is 4.01. The van der Waals surface area contributed by atoms with Gasteiger partial charge in [0, 0.05) is 25.2 Å². The van der Waals surface area contributed by atoms with E-state index in [1.807, 2.05) is 6.07 Å². The fraction of sp³-hybridized carbons (Fsp3) is 0.889. The average molecular weight is 330 g/mol. The lowest BCUT2D eigenvalue weighted by atomic mass is 9.46. The van der Waals surface area contributed by atoms with E-state index in [1.54, 1.807) is 0 Å². The van der Waals surface area contributed by atoms with Gasteiger partial charge in [0.05, 0.1) is 17.7 Å². The van der Waals surface area contributed by atoms with Crippen LogP contribution in [-0.2, 0) is 4.79 Å². The summed E-state index contributed by atoms with van der Waals surface area (Å²) in [6.45, 7) is 0. The quantitative estimate of drug-likeness (QED) is 0.795. The van der Waals surface area contributed by atoms with Crippen LogP contribution in [-0.4, -0.2) is 39.6 Å². The van der Waals surface area contributed by atoms with Gasteiger partial charge in [-0.15, -0.1) is 0 Å². The predicted molar refractivity (Wildman–Crippen MR) is 82.8 cm³/mol. The first-order valence-electron chi connectivity index (χ1n) is 14.6. The van der Waals surface area contributed by atoms with Gasteiger partial charge < -0.3 is 15.7 Å². The van der Waals surface area contributed by atoms with E-state index in [1.165, 1.54) is 0 Å². The Labute approximate surface area is 156 Å². The number of nitrogens with zero attached hydrogens (tertiary/aromatic N) is 2. The van der Waals surface area contributed by atoms with Crippen LogP contribution in [0.4, 0.5) is 0 Å². The maximum Gasteiger partial charge on any atom is 0.241 e. The molecule has 23 heavy (non-hydrogen) atoms. The first-order valence-corrected chi connectivity index (χ1v) is 7.56. The van der Waals surface area contributed by atoms with Crippen molar-refractivity contribution in [3.63, 3.8) is 0 Å². The molecular weight excluding hydrogens is 290 g/mol. The predicted octanol–water partition coefficient (Wildman–Crippen LogP) is 1.16. The van der Waals surface area contributed by atoms with Crippen LogP contribution in [0, 0.1) is 34.5 Å². The van der Waals surface area contributed by atoms with Crippen LogP contribution in [0.2, 0.25) is 0 Å². The van der Waals surface area contributed by atoms with Gasteiger partial charge in [-0.1, -0.05) is 0 Å². The summed E-state index contributed by atoms with van der Waals surface area (Å²) in [5.41, 5.74) is -1.86. The van der Waals surface area contributed by atoms with Crippen LogP contribution in [0.25, 0.3) is 0 Å². The van der Waals surface area contributed by atoms with Gasteiger partial charge in [-0.2, -0.15) is 5.26 Å². The molecule has 6 rings (SSSR count). The van der Waals surface area contributed by atoms with Crippen LogP contribution in [0.15, 0.2) is 0 Å². The molecule has 0 aromatic carbocycles. The normalized spacial score (nSPS) is 82.3. The molecule has 0 aromatic rings. The minimum atomic E-state index is -4.21. The molecule has 3 N–H and O–H groups in total. The number of nitriles is 1. The molecule has 5 saturated carbocycles. The highest BCUT2D eigenvalue weighted by molar-refractivity contribution is 5.84. The Hall–Kier alpha value is -1.12. The average Bonchev–Trinajstić information content (AvgIpc) is 3.42. The highest BCUT2D eigenvalue weighted by atomic mass is 16.3. The van der Waals surface area contributed by atoms with E-state index in [0.29, 0.717) is 6.42 Å². The zero-order valence-electron chi connectivity index (χ0n) is 26.1. The topological polar surface area (TPSA) is 90.3 Å². The number of carbonyl (C=O) groups excluding carboxylic acids is 1. The molecule has 1 amide bonds. The minimum Gasteiger partial charge on any atom is -0.390 e. The summed E-state index contributed by atoms with van der Waals surface area (Å²) in [5, 5.41) is 21.2. The second-order valence-electron chi connectivity index (χ2n) is 6.69. The molecular formula is C18H25N3O2. The standard InChI is InChI=1S/C18H25N3O2/c19-8-13-2-12-3-14(12)21(13)16(22)15(20)17-4-10-1-11(5-17)7-18(23,6-10)9-17/h10-15,23H,1-7,9,20H2/t10?,11?,12-,13+,14+,15-,17?,18?/m1/s1/i1D2,4D2,5D2,6D2,7D2,9D2,10D,11D. The van der Waals surface area contributed by atoms with Crippen molar-refractivity contribution in [3.05, 3.63) is 0 Å². The third-order valence-electron chi connectivity index (χ3n) is 5.12. The van der Waals surface area contributed by atoms with Crippen molar-refractivity contribution >= 4 is 5.91 Å². The molecule has 124 valence electrons. The summed E-state index contributed by atoms with van der Waals surface area (Å²) >= 11 is 0. The third-order valence-corrected chi connectivity index (χ3v) is 5.12. The second-order valence-corrected chi connectivity index (χ2v) is 6.69. The number of rotatable bonds is 2. The molecule has 5 aliphatic carbocycles. The van der Waals surface area contributed by atoms with Crippen molar-refractivity contribution in [2.45, 2.75) is 74.8 Å². The Kier molecular flexibility index (Phi) is 1.12. The molecule has 0 radical (unpaired) electrons. The third kappa shape index (κ3) is 1.88. The van der Waals surface area contributed by atoms with Gasteiger partial charge in [0.15, 0.2) is 0 Å². The molecule has 5 nitrogen and oxygen atoms in total. The van der Waals surface area contributed by atoms with Gasteiger partial charge in [-0.05, 0) is 74.2 Å². The Morgan fingerprint density at radius 3 is 2.74 bits per heavy atom. The Morgan fingerprint density at radius 1 is 1.39 bits per heavy atom. The zero-order valence-corrected chi connectivity index (χ0v) is 12.1. The van der Waals surface area contributed by atoms with Gasteiger partial charge >= 0.3 is 0 Å². The van der Waals surface area contributed by atoms with E-state index < -0.39 is 85.1 Å². The molecule has 4 bridgehead atoms. The SMILES string of the molecule is [2H]C1([2H])C2([2H])C([2H])([2H])C3(O)C([2H])([2H])C1([2H])C([2H])([2H])C([C@H](N)C(=O)N1[C@H](C#N)C[C@@H]4C[C@@H]41)(C2([2H])[2H])C3([2H])[2H]. The summed E-state index contributed by atoms with van der Waals surface area (Å²) < 4.78 is 122. The lowest BCUT2D eigenvalue weighted by molar-refractivity contribution is -0.177. The number of likely N-dealkylation sites (tertiary alicyclic amines) is 1. The van der Waals surface area contributed by atoms with E-state index in [0.717, 1.165) is 4.90 Å². The highest BCUT2D eigenvalue weighted by Crippen LogP contribution is 2.63. The fourth-order valence-corrected chi connectivity index (χ4v) is 4.01. The van der Waals surface area contributed by atoms with E-state index >= 15 is 0 Å².